The molecule has 0 atom stereocenters. The fourth-order valence-corrected chi connectivity index (χ4v) is 1.89. The van der Waals surface area contributed by atoms with Gasteiger partial charge >= 0.3 is 0 Å². The van der Waals surface area contributed by atoms with Crippen molar-refractivity contribution >= 4 is 17.4 Å². The van der Waals surface area contributed by atoms with Crippen LogP contribution in [0.3, 0.4) is 0 Å². The average molecular weight is 296 g/mol. The molecule has 7 nitrogen and oxygen atoms in total. The number of ether oxygens (including phenoxy) is 1. The third kappa shape index (κ3) is 2.89. The molecule has 8 heteroatoms. The van der Waals surface area contributed by atoms with E-state index in [0.717, 1.165) is 0 Å². The SMILES string of the molecule is COc1nc(C)cc(=O)n1Cc1nc(NN)ccc1Cl. The van der Waals surface area contributed by atoms with Gasteiger partial charge in [0.1, 0.15) is 5.82 Å². The molecule has 0 aromatic carbocycles. The summed E-state index contributed by atoms with van der Waals surface area (Å²) in [7, 11) is 1.45. The minimum atomic E-state index is -0.238. The van der Waals surface area contributed by atoms with Crippen molar-refractivity contribution in [3.63, 3.8) is 0 Å². The fourth-order valence-electron chi connectivity index (χ4n) is 1.72. The van der Waals surface area contributed by atoms with Crippen molar-refractivity contribution in [2.24, 2.45) is 5.84 Å². The lowest BCUT2D eigenvalue weighted by Crippen LogP contribution is -2.24. The van der Waals surface area contributed by atoms with Crippen LogP contribution in [-0.2, 0) is 6.54 Å². The molecule has 2 aromatic heterocycles. The average Bonchev–Trinajstić information content (AvgIpc) is 2.43. The molecule has 0 radical (unpaired) electrons. The quantitative estimate of drug-likeness (QED) is 0.644. The van der Waals surface area contributed by atoms with E-state index in [0.29, 0.717) is 22.2 Å². The largest absolute Gasteiger partial charge is 0.468 e. The van der Waals surface area contributed by atoms with Crippen LogP contribution in [0.4, 0.5) is 5.82 Å². The van der Waals surface area contributed by atoms with Crippen molar-refractivity contribution in [2.45, 2.75) is 13.5 Å². The first-order valence-corrected chi connectivity index (χ1v) is 6.17. The van der Waals surface area contributed by atoms with Gasteiger partial charge in [-0.25, -0.2) is 15.8 Å². The molecule has 0 fully saturated rings. The van der Waals surface area contributed by atoms with Crippen molar-refractivity contribution in [3.05, 3.63) is 45.0 Å². The Morgan fingerprint density at radius 1 is 1.45 bits per heavy atom. The summed E-state index contributed by atoms with van der Waals surface area (Å²) in [6.45, 7) is 1.86. The monoisotopic (exact) mass is 295 g/mol. The van der Waals surface area contributed by atoms with E-state index in [-0.39, 0.29) is 18.1 Å². The highest BCUT2D eigenvalue weighted by molar-refractivity contribution is 6.31. The maximum Gasteiger partial charge on any atom is 0.299 e. The topological polar surface area (TPSA) is 95.1 Å². The van der Waals surface area contributed by atoms with Crippen LogP contribution in [0.25, 0.3) is 0 Å². The van der Waals surface area contributed by atoms with Crippen LogP contribution in [-0.4, -0.2) is 21.6 Å². The Morgan fingerprint density at radius 2 is 2.20 bits per heavy atom. The van der Waals surface area contributed by atoms with E-state index in [4.69, 9.17) is 22.2 Å². The summed E-state index contributed by atoms with van der Waals surface area (Å²) in [6, 6.07) is 4.91. The second-order valence-corrected chi connectivity index (χ2v) is 4.49. The van der Waals surface area contributed by atoms with Crippen LogP contribution in [0, 0.1) is 6.92 Å². The zero-order valence-corrected chi connectivity index (χ0v) is 11.8. The summed E-state index contributed by atoms with van der Waals surface area (Å²) in [5, 5.41) is 0.429. The van der Waals surface area contributed by atoms with E-state index in [9.17, 15) is 4.79 Å². The number of hydrogen-bond donors (Lipinski definition) is 2. The van der Waals surface area contributed by atoms with E-state index in [1.807, 2.05) is 0 Å². The molecule has 20 heavy (non-hydrogen) atoms. The summed E-state index contributed by atoms with van der Waals surface area (Å²) in [5.41, 5.74) is 3.27. The third-order valence-corrected chi connectivity index (χ3v) is 3.00. The summed E-state index contributed by atoms with van der Waals surface area (Å²) < 4.78 is 6.47. The molecule has 0 amide bonds. The Balaban J connectivity index is 2.47. The standard InChI is InChI=1S/C12H14ClN5O2/c1-7-5-11(19)18(12(15-7)20-2)6-9-8(13)3-4-10(16-9)17-14/h3-5H,6,14H2,1-2H3,(H,16,17). The van der Waals surface area contributed by atoms with Crippen molar-refractivity contribution in [1.29, 1.82) is 0 Å². The molecule has 3 N–H and O–H groups in total. The molecule has 0 aliphatic heterocycles. The minimum Gasteiger partial charge on any atom is -0.468 e. The first-order chi connectivity index (χ1) is 9.55. The van der Waals surface area contributed by atoms with Gasteiger partial charge in [-0.1, -0.05) is 11.6 Å². The molecule has 0 aliphatic rings. The van der Waals surface area contributed by atoms with Gasteiger partial charge in [0.2, 0.25) is 0 Å². The summed E-state index contributed by atoms with van der Waals surface area (Å²) in [6.07, 6.45) is 0. The van der Waals surface area contributed by atoms with Gasteiger partial charge in [-0.15, -0.1) is 0 Å². The number of methoxy groups -OCH3 is 1. The maximum atomic E-state index is 12.0. The molecular weight excluding hydrogens is 282 g/mol. The van der Waals surface area contributed by atoms with E-state index >= 15 is 0 Å². The van der Waals surface area contributed by atoms with Crippen LogP contribution in [0.2, 0.25) is 5.02 Å². The van der Waals surface area contributed by atoms with Crippen LogP contribution < -0.4 is 21.6 Å². The van der Waals surface area contributed by atoms with E-state index in [1.54, 1.807) is 19.1 Å². The molecule has 2 heterocycles. The Hall–Kier alpha value is -2.12. The summed E-state index contributed by atoms with van der Waals surface area (Å²) in [5.74, 6) is 5.76. The molecular formula is C12H14ClN5O2. The fraction of sp³-hybridized carbons (Fsp3) is 0.250. The Kier molecular flexibility index (Phi) is 4.21. The maximum absolute atomic E-state index is 12.0. The van der Waals surface area contributed by atoms with E-state index < -0.39 is 0 Å². The second-order valence-electron chi connectivity index (χ2n) is 4.08. The van der Waals surface area contributed by atoms with Gasteiger partial charge in [0, 0.05) is 11.8 Å². The number of nitrogens with one attached hydrogen (secondary N) is 1. The Labute approximate surface area is 120 Å². The predicted octanol–water partition coefficient (Wildman–Crippen LogP) is 0.943. The van der Waals surface area contributed by atoms with Crippen molar-refractivity contribution in [3.8, 4) is 6.01 Å². The van der Waals surface area contributed by atoms with Crippen LogP contribution in [0.15, 0.2) is 23.0 Å². The highest BCUT2D eigenvalue weighted by Gasteiger charge is 2.11. The van der Waals surface area contributed by atoms with Gasteiger partial charge in [0.15, 0.2) is 0 Å². The molecule has 0 aliphatic carbocycles. The lowest BCUT2D eigenvalue weighted by atomic mass is 10.3. The number of aryl methyl sites for hydroxylation is 1. The van der Waals surface area contributed by atoms with Gasteiger partial charge in [0.05, 0.1) is 24.4 Å². The normalized spacial score (nSPS) is 10.4. The zero-order chi connectivity index (χ0) is 14.7. The molecule has 0 bridgehead atoms. The smallest absolute Gasteiger partial charge is 0.299 e. The molecule has 106 valence electrons. The number of nitrogens with two attached hydrogens (primary N) is 1. The van der Waals surface area contributed by atoms with Crippen molar-refractivity contribution in [2.75, 3.05) is 12.5 Å². The number of halogens is 1. The summed E-state index contributed by atoms with van der Waals surface area (Å²) >= 11 is 6.07. The molecule has 0 spiro atoms. The van der Waals surface area contributed by atoms with Gasteiger partial charge in [-0.05, 0) is 19.1 Å². The highest BCUT2D eigenvalue weighted by Crippen LogP contribution is 2.18. The van der Waals surface area contributed by atoms with Crippen molar-refractivity contribution < 1.29 is 4.74 Å². The molecule has 2 rings (SSSR count). The van der Waals surface area contributed by atoms with Gasteiger partial charge < -0.3 is 10.2 Å². The number of nitrogen functional groups attached to an aromatic ring is 1. The lowest BCUT2D eigenvalue weighted by molar-refractivity contribution is 0.349. The minimum absolute atomic E-state index is 0.142. The molecule has 0 saturated carbocycles. The highest BCUT2D eigenvalue weighted by atomic mass is 35.5. The Bertz CT molecular complexity index is 686. The number of nitrogens with zero attached hydrogens (tertiary/aromatic N) is 3. The third-order valence-electron chi connectivity index (χ3n) is 2.66. The van der Waals surface area contributed by atoms with Gasteiger partial charge in [-0.3, -0.25) is 9.36 Å². The van der Waals surface area contributed by atoms with Crippen LogP contribution >= 0.6 is 11.6 Å². The first kappa shape index (κ1) is 14.3. The summed E-state index contributed by atoms with van der Waals surface area (Å²) in [4.78, 5) is 20.4. The van der Waals surface area contributed by atoms with Crippen LogP contribution in [0.5, 0.6) is 6.01 Å². The molecule has 2 aromatic rings. The zero-order valence-electron chi connectivity index (χ0n) is 11.1. The van der Waals surface area contributed by atoms with Gasteiger partial charge in [-0.2, -0.15) is 0 Å². The number of aromatic nitrogens is 3. The molecule has 0 unspecified atom stereocenters. The predicted molar refractivity (Wildman–Crippen MR) is 75.9 cm³/mol. The van der Waals surface area contributed by atoms with Crippen LogP contribution in [0.1, 0.15) is 11.4 Å². The molecule has 0 saturated heterocycles. The van der Waals surface area contributed by atoms with E-state index in [1.165, 1.54) is 17.7 Å². The number of pyridine rings is 1. The number of hydrogen-bond acceptors (Lipinski definition) is 6. The number of hydrazine groups is 1. The Morgan fingerprint density at radius 3 is 2.85 bits per heavy atom. The second kappa shape index (κ2) is 5.89. The van der Waals surface area contributed by atoms with Gasteiger partial charge in [0.25, 0.3) is 11.6 Å². The number of rotatable bonds is 4. The first-order valence-electron chi connectivity index (χ1n) is 5.79. The lowest BCUT2D eigenvalue weighted by Gasteiger charge is -2.12. The number of anilines is 1. The van der Waals surface area contributed by atoms with Crippen molar-refractivity contribution in [1.82, 2.24) is 14.5 Å². The van der Waals surface area contributed by atoms with E-state index in [2.05, 4.69) is 15.4 Å².